The third kappa shape index (κ3) is 6.97. The summed E-state index contributed by atoms with van der Waals surface area (Å²) in [6.45, 7) is 10.6. The minimum absolute atomic E-state index is 0.0356. The Morgan fingerprint density at radius 3 is 2.38 bits per heavy atom. The quantitative estimate of drug-likeness (QED) is 0.699. The van der Waals surface area contributed by atoms with Crippen LogP contribution in [-0.4, -0.2) is 57.8 Å². The van der Waals surface area contributed by atoms with Crippen LogP contribution in [0, 0.1) is 5.92 Å². The predicted octanol–water partition coefficient (Wildman–Crippen LogP) is 1.74. The molecule has 3 atom stereocenters. The summed E-state index contributed by atoms with van der Waals surface area (Å²) >= 11 is 1.11. The van der Waals surface area contributed by atoms with Crippen LogP contribution >= 0.6 is 11.8 Å². The van der Waals surface area contributed by atoms with Crippen molar-refractivity contribution in [2.45, 2.75) is 72.1 Å². The molecule has 2 amide bonds. The highest BCUT2D eigenvalue weighted by Gasteiger charge is 2.37. The lowest BCUT2D eigenvalue weighted by Crippen LogP contribution is -2.51. The van der Waals surface area contributed by atoms with E-state index in [0.29, 0.717) is 18.7 Å². The molecule has 0 radical (unpaired) electrons. The van der Waals surface area contributed by atoms with Gasteiger partial charge < -0.3 is 15.0 Å². The van der Waals surface area contributed by atoms with Gasteiger partial charge in [-0.05, 0) is 40.5 Å². The number of esters is 1. The van der Waals surface area contributed by atoms with Crippen molar-refractivity contribution in [2.24, 2.45) is 5.92 Å². The molecule has 1 unspecified atom stereocenters. The number of carbonyl (C=O) groups is 4. The first-order valence-electron chi connectivity index (χ1n) is 8.89. The minimum atomic E-state index is -0.787. The molecule has 1 saturated heterocycles. The Bertz CT molecular complexity index is 558. The second kappa shape index (κ2) is 9.39. The molecule has 148 valence electrons. The summed E-state index contributed by atoms with van der Waals surface area (Å²) in [5.74, 6) is -0.941. The third-order valence-electron chi connectivity index (χ3n) is 3.92. The fraction of sp³-hybridized carbons (Fsp3) is 0.778. The molecule has 8 heteroatoms. The second-order valence-electron chi connectivity index (χ2n) is 7.66. The average Bonchev–Trinajstić information content (AvgIpc) is 2.99. The minimum Gasteiger partial charge on any atom is -0.458 e. The lowest BCUT2D eigenvalue weighted by atomic mass is 10.1. The van der Waals surface area contributed by atoms with Gasteiger partial charge in [0.15, 0.2) is 5.12 Å². The van der Waals surface area contributed by atoms with E-state index in [2.05, 4.69) is 5.32 Å². The van der Waals surface area contributed by atoms with Crippen molar-refractivity contribution in [2.75, 3.05) is 12.3 Å². The van der Waals surface area contributed by atoms with Crippen molar-refractivity contribution in [1.29, 1.82) is 0 Å². The van der Waals surface area contributed by atoms with Crippen LogP contribution in [0.3, 0.4) is 0 Å². The van der Waals surface area contributed by atoms with Crippen molar-refractivity contribution in [3.05, 3.63) is 0 Å². The molecule has 1 heterocycles. The number of thioether (sulfide) groups is 1. The molecule has 1 N–H and O–H groups in total. The smallest absolute Gasteiger partial charge is 0.328 e. The van der Waals surface area contributed by atoms with Crippen LogP contribution in [0.4, 0.5) is 0 Å². The van der Waals surface area contributed by atoms with E-state index in [1.807, 2.05) is 0 Å². The number of hydrogen-bond acceptors (Lipinski definition) is 6. The highest BCUT2D eigenvalue weighted by molar-refractivity contribution is 8.13. The van der Waals surface area contributed by atoms with E-state index >= 15 is 0 Å². The van der Waals surface area contributed by atoms with Crippen LogP contribution in [-0.2, 0) is 23.9 Å². The number of rotatable bonds is 6. The summed E-state index contributed by atoms with van der Waals surface area (Å²) in [5, 5.41) is 2.62. The van der Waals surface area contributed by atoms with Gasteiger partial charge in [0.1, 0.15) is 17.7 Å². The summed E-state index contributed by atoms with van der Waals surface area (Å²) in [5.41, 5.74) is -0.630. The van der Waals surface area contributed by atoms with Crippen molar-refractivity contribution in [3.8, 4) is 0 Å². The number of carbonyl (C=O) groups excluding carboxylic acids is 4. The largest absolute Gasteiger partial charge is 0.458 e. The van der Waals surface area contributed by atoms with Gasteiger partial charge >= 0.3 is 5.97 Å². The van der Waals surface area contributed by atoms with E-state index in [9.17, 15) is 19.2 Å². The molecule has 1 fully saturated rings. The van der Waals surface area contributed by atoms with Crippen molar-refractivity contribution < 1.29 is 23.9 Å². The molecule has 26 heavy (non-hydrogen) atoms. The molecule has 0 aromatic carbocycles. The molecular formula is C18H30N2O5S. The Hall–Kier alpha value is -1.57. The van der Waals surface area contributed by atoms with E-state index in [1.165, 1.54) is 6.92 Å². The maximum Gasteiger partial charge on any atom is 0.328 e. The Kier molecular flexibility index (Phi) is 8.12. The monoisotopic (exact) mass is 386 g/mol. The van der Waals surface area contributed by atoms with Gasteiger partial charge in [0, 0.05) is 25.1 Å². The number of nitrogens with one attached hydrogen (secondary N) is 1. The van der Waals surface area contributed by atoms with Crippen molar-refractivity contribution in [1.82, 2.24) is 10.2 Å². The molecule has 0 bridgehead atoms. The van der Waals surface area contributed by atoms with Gasteiger partial charge in [-0.1, -0.05) is 18.7 Å². The van der Waals surface area contributed by atoms with E-state index in [-0.39, 0.29) is 22.8 Å². The van der Waals surface area contributed by atoms with E-state index < -0.39 is 23.7 Å². The van der Waals surface area contributed by atoms with Crippen LogP contribution in [0.25, 0.3) is 0 Å². The fourth-order valence-corrected chi connectivity index (χ4v) is 3.29. The van der Waals surface area contributed by atoms with Crippen LogP contribution in [0.2, 0.25) is 0 Å². The third-order valence-corrected chi connectivity index (χ3v) is 4.99. The highest BCUT2D eigenvalue weighted by Crippen LogP contribution is 2.22. The molecule has 1 aliphatic rings. The fourth-order valence-electron chi connectivity index (χ4n) is 2.66. The van der Waals surface area contributed by atoms with Crippen LogP contribution in [0.1, 0.15) is 54.4 Å². The Balaban J connectivity index is 2.65. The first kappa shape index (κ1) is 22.5. The SMILES string of the molecule is CC(=O)SCC(C)C(=O)N1CCC[C@H]1C(=O)N[C@@H](C)C(=O)OC(C)(C)C. The first-order chi connectivity index (χ1) is 11.9. The number of likely N-dealkylation sites (tertiary alicyclic amines) is 1. The Labute approximate surface area is 159 Å². The van der Waals surface area contributed by atoms with Gasteiger partial charge in [-0.15, -0.1) is 0 Å². The molecular weight excluding hydrogens is 356 g/mol. The van der Waals surface area contributed by atoms with Crippen LogP contribution < -0.4 is 5.32 Å². The summed E-state index contributed by atoms with van der Waals surface area (Å²) < 4.78 is 5.26. The van der Waals surface area contributed by atoms with Crippen molar-refractivity contribution >= 4 is 34.7 Å². The number of amides is 2. The maximum atomic E-state index is 12.6. The summed E-state index contributed by atoms with van der Waals surface area (Å²) in [7, 11) is 0. The van der Waals surface area contributed by atoms with E-state index in [4.69, 9.17) is 4.74 Å². The van der Waals surface area contributed by atoms with Crippen LogP contribution in [0.15, 0.2) is 0 Å². The molecule has 0 aromatic heterocycles. The maximum absolute atomic E-state index is 12.6. The summed E-state index contributed by atoms with van der Waals surface area (Å²) in [6.07, 6.45) is 1.29. The van der Waals surface area contributed by atoms with Gasteiger partial charge in [0.05, 0.1) is 0 Å². The molecule has 7 nitrogen and oxygen atoms in total. The van der Waals surface area contributed by atoms with E-state index in [1.54, 1.807) is 39.5 Å². The van der Waals surface area contributed by atoms with Gasteiger partial charge in [-0.25, -0.2) is 4.79 Å². The first-order valence-corrected chi connectivity index (χ1v) is 9.88. The average molecular weight is 387 g/mol. The van der Waals surface area contributed by atoms with Crippen molar-refractivity contribution in [3.63, 3.8) is 0 Å². The second-order valence-corrected chi connectivity index (χ2v) is 8.85. The molecule has 0 aromatic rings. The molecule has 0 saturated carbocycles. The summed E-state index contributed by atoms with van der Waals surface area (Å²) in [4.78, 5) is 49.8. The molecule has 0 spiro atoms. The van der Waals surface area contributed by atoms with E-state index in [0.717, 1.165) is 18.2 Å². The van der Waals surface area contributed by atoms with Gasteiger partial charge in [-0.3, -0.25) is 14.4 Å². The standard InChI is InChI=1S/C18H30N2O5S/c1-11(10-26-13(3)21)16(23)20-9-7-8-14(20)15(22)19-12(2)17(24)25-18(4,5)6/h11-12,14H,7-10H2,1-6H3,(H,19,22)/t11?,12-,14-/m0/s1. The number of nitrogens with zero attached hydrogens (tertiary/aromatic N) is 1. The normalized spacial score (nSPS) is 19.6. The highest BCUT2D eigenvalue weighted by atomic mass is 32.2. The van der Waals surface area contributed by atoms with Crippen LogP contribution in [0.5, 0.6) is 0 Å². The zero-order valence-corrected chi connectivity index (χ0v) is 17.3. The predicted molar refractivity (Wildman–Crippen MR) is 100 cm³/mol. The summed E-state index contributed by atoms with van der Waals surface area (Å²) in [6, 6.07) is -1.37. The van der Waals surface area contributed by atoms with Gasteiger partial charge in [0.2, 0.25) is 11.8 Å². The molecule has 1 rings (SSSR count). The lowest BCUT2D eigenvalue weighted by molar-refractivity contribution is -0.158. The topological polar surface area (TPSA) is 92.8 Å². The van der Waals surface area contributed by atoms with Gasteiger partial charge in [0.25, 0.3) is 0 Å². The Morgan fingerprint density at radius 2 is 1.85 bits per heavy atom. The zero-order valence-electron chi connectivity index (χ0n) is 16.5. The number of ether oxygens (including phenoxy) is 1. The molecule has 0 aliphatic carbocycles. The number of hydrogen-bond donors (Lipinski definition) is 1. The Morgan fingerprint density at radius 1 is 1.23 bits per heavy atom. The molecule has 1 aliphatic heterocycles. The van der Waals surface area contributed by atoms with Gasteiger partial charge in [-0.2, -0.15) is 0 Å². The zero-order chi connectivity index (χ0) is 20.1. The lowest BCUT2D eigenvalue weighted by Gasteiger charge is -2.28.